The Balaban J connectivity index is 2.27. The molecule has 90 valence electrons. The van der Waals surface area contributed by atoms with Crippen molar-refractivity contribution in [3.05, 3.63) is 10.7 Å². The fraction of sp³-hybridized carbons (Fsp3) is 0.667. The zero-order chi connectivity index (χ0) is 11.9. The summed E-state index contributed by atoms with van der Waals surface area (Å²) in [5.74, 6) is 0.802. The van der Waals surface area contributed by atoms with E-state index in [1.54, 1.807) is 0 Å². The number of nitrogens with zero attached hydrogens (tertiary/aromatic N) is 2. The maximum atomic E-state index is 12.2. The van der Waals surface area contributed by atoms with Crippen molar-refractivity contribution in [1.82, 2.24) is 9.29 Å². The molecule has 1 saturated heterocycles. The normalized spacial score (nSPS) is 27.4. The van der Waals surface area contributed by atoms with Crippen LogP contribution in [0.2, 0.25) is 4.47 Å². The van der Waals surface area contributed by atoms with E-state index in [9.17, 15) is 8.42 Å². The lowest BCUT2D eigenvalue weighted by Gasteiger charge is -2.13. The molecule has 0 N–H and O–H groups in total. The van der Waals surface area contributed by atoms with E-state index in [0.717, 1.165) is 11.3 Å². The Morgan fingerprint density at radius 3 is 2.44 bits per heavy atom. The van der Waals surface area contributed by atoms with Crippen molar-refractivity contribution in [2.24, 2.45) is 11.8 Å². The van der Waals surface area contributed by atoms with E-state index in [1.165, 1.54) is 10.5 Å². The van der Waals surface area contributed by atoms with Gasteiger partial charge in [-0.1, -0.05) is 36.8 Å². The van der Waals surface area contributed by atoms with Gasteiger partial charge in [0.25, 0.3) is 10.0 Å². The van der Waals surface area contributed by atoms with Crippen molar-refractivity contribution < 1.29 is 8.42 Å². The van der Waals surface area contributed by atoms with Gasteiger partial charge < -0.3 is 0 Å². The summed E-state index contributed by atoms with van der Waals surface area (Å²) in [5.41, 5.74) is 0. The van der Waals surface area contributed by atoms with Crippen LogP contribution < -0.4 is 0 Å². The first kappa shape index (κ1) is 12.3. The van der Waals surface area contributed by atoms with E-state index in [2.05, 4.69) is 18.8 Å². The van der Waals surface area contributed by atoms with Crippen LogP contribution in [0.15, 0.2) is 10.4 Å². The van der Waals surface area contributed by atoms with Gasteiger partial charge >= 0.3 is 0 Å². The summed E-state index contributed by atoms with van der Waals surface area (Å²) < 4.78 is 26.4. The van der Waals surface area contributed by atoms with Crippen LogP contribution in [0.3, 0.4) is 0 Å². The molecule has 1 fully saturated rings. The van der Waals surface area contributed by atoms with Gasteiger partial charge in [-0.3, -0.25) is 0 Å². The molecule has 1 aromatic rings. The van der Waals surface area contributed by atoms with Crippen molar-refractivity contribution in [2.75, 3.05) is 13.1 Å². The molecule has 16 heavy (non-hydrogen) atoms. The van der Waals surface area contributed by atoms with Crippen LogP contribution in [-0.4, -0.2) is 30.8 Å². The van der Waals surface area contributed by atoms with Gasteiger partial charge in [0, 0.05) is 13.1 Å². The molecular formula is C9H13ClN2O2S2. The van der Waals surface area contributed by atoms with Gasteiger partial charge in [0.15, 0.2) is 8.68 Å². The number of rotatable bonds is 2. The molecule has 0 saturated carbocycles. The Kier molecular flexibility index (Phi) is 3.27. The second kappa shape index (κ2) is 4.25. The number of aromatic nitrogens is 1. The third-order valence-corrected chi connectivity index (χ3v) is 6.39. The molecule has 2 heterocycles. The number of hydrogen-bond acceptors (Lipinski definition) is 4. The lowest BCUT2D eigenvalue weighted by atomic mass is 10.0. The maximum Gasteiger partial charge on any atom is 0.254 e. The average Bonchev–Trinajstić information content (AvgIpc) is 2.75. The predicted octanol–water partition coefficient (Wildman–Crippen LogP) is 2.07. The van der Waals surface area contributed by atoms with Crippen molar-refractivity contribution in [1.29, 1.82) is 0 Å². The van der Waals surface area contributed by atoms with E-state index < -0.39 is 10.0 Å². The predicted molar refractivity (Wildman–Crippen MR) is 64.2 cm³/mol. The Labute approximate surface area is 104 Å². The molecule has 2 atom stereocenters. The van der Waals surface area contributed by atoms with Gasteiger partial charge in [0.2, 0.25) is 0 Å². The molecule has 7 heteroatoms. The quantitative estimate of drug-likeness (QED) is 0.833. The summed E-state index contributed by atoms with van der Waals surface area (Å²) in [6, 6.07) is 0. The average molecular weight is 281 g/mol. The zero-order valence-corrected chi connectivity index (χ0v) is 11.4. The Morgan fingerprint density at radius 2 is 2.00 bits per heavy atom. The van der Waals surface area contributed by atoms with E-state index in [-0.39, 0.29) is 8.68 Å². The second-order valence-electron chi connectivity index (χ2n) is 4.21. The third-order valence-electron chi connectivity index (χ3n) is 3.01. The Bertz CT molecular complexity index is 475. The fourth-order valence-corrected chi connectivity index (χ4v) is 4.85. The molecule has 1 aromatic heterocycles. The van der Waals surface area contributed by atoms with Gasteiger partial charge in [-0.15, -0.1) is 0 Å². The van der Waals surface area contributed by atoms with Crippen LogP contribution in [0.1, 0.15) is 13.8 Å². The molecular weight excluding hydrogens is 268 g/mol. The van der Waals surface area contributed by atoms with Crippen LogP contribution in [-0.2, 0) is 10.0 Å². The molecule has 1 aliphatic heterocycles. The summed E-state index contributed by atoms with van der Waals surface area (Å²) >= 11 is 6.66. The number of thiazole rings is 1. The number of sulfonamides is 1. The van der Waals surface area contributed by atoms with Crippen molar-refractivity contribution in [3.8, 4) is 0 Å². The van der Waals surface area contributed by atoms with Crippen LogP contribution in [0.25, 0.3) is 0 Å². The van der Waals surface area contributed by atoms with Crippen molar-refractivity contribution >= 4 is 33.0 Å². The minimum atomic E-state index is -3.38. The third kappa shape index (κ3) is 2.11. The summed E-state index contributed by atoms with van der Waals surface area (Å²) in [4.78, 5) is 3.77. The first-order valence-corrected chi connectivity index (χ1v) is 7.66. The smallest absolute Gasteiger partial charge is 0.232 e. The van der Waals surface area contributed by atoms with E-state index in [0.29, 0.717) is 24.9 Å². The molecule has 2 rings (SSSR count). The second-order valence-corrected chi connectivity index (χ2v) is 7.99. The van der Waals surface area contributed by atoms with Crippen molar-refractivity contribution in [3.63, 3.8) is 0 Å². The number of hydrogen-bond donors (Lipinski definition) is 0. The highest BCUT2D eigenvalue weighted by Crippen LogP contribution is 2.31. The van der Waals surface area contributed by atoms with E-state index in [1.807, 2.05) is 0 Å². The SMILES string of the molecule is CC1CN(S(=O)(=O)c2cnc(Cl)s2)CC1C. The van der Waals surface area contributed by atoms with Crippen LogP contribution in [0, 0.1) is 11.8 Å². The summed E-state index contributed by atoms with van der Waals surface area (Å²) in [7, 11) is -3.38. The minimum absolute atomic E-state index is 0.235. The van der Waals surface area contributed by atoms with E-state index >= 15 is 0 Å². The molecule has 1 aliphatic rings. The molecule has 0 amide bonds. The zero-order valence-electron chi connectivity index (χ0n) is 9.05. The fourth-order valence-electron chi connectivity index (χ4n) is 1.76. The summed E-state index contributed by atoms with van der Waals surface area (Å²) in [5, 5.41) is 0. The molecule has 0 bridgehead atoms. The Hall–Kier alpha value is -0.170. The molecule has 0 aromatic carbocycles. The topological polar surface area (TPSA) is 50.3 Å². The molecule has 2 unspecified atom stereocenters. The first-order chi connectivity index (χ1) is 7.41. The minimum Gasteiger partial charge on any atom is -0.232 e. The standard InChI is InChI=1S/C9H13ClN2O2S2/c1-6-4-12(5-7(6)2)16(13,14)8-3-11-9(10)15-8/h3,6-7H,4-5H2,1-2H3. The van der Waals surface area contributed by atoms with Gasteiger partial charge in [0.1, 0.15) is 0 Å². The highest BCUT2D eigenvalue weighted by atomic mass is 35.5. The van der Waals surface area contributed by atoms with Crippen molar-refractivity contribution in [2.45, 2.75) is 18.1 Å². The lowest BCUT2D eigenvalue weighted by molar-refractivity contribution is 0.465. The van der Waals surface area contributed by atoms with Gasteiger partial charge in [0.05, 0.1) is 6.20 Å². The Morgan fingerprint density at radius 1 is 1.44 bits per heavy atom. The lowest BCUT2D eigenvalue weighted by Crippen LogP contribution is -2.28. The van der Waals surface area contributed by atoms with Gasteiger partial charge in [-0.05, 0) is 11.8 Å². The summed E-state index contributed by atoms with van der Waals surface area (Å²) in [6.07, 6.45) is 1.33. The van der Waals surface area contributed by atoms with Crippen LogP contribution in [0.5, 0.6) is 0 Å². The molecule has 0 aliphatic carbocycles. The van der Waals surface area contributed by atoms with E-state index in [4.69, 9.17) is 11.6 Å². The highest BCUT2D eigenvalue weighted by Gasteiger charge is 2.35. The largest absolute Gasteiger partial charge is 0.254 e. The molecule has 0 spiro atoms. The number of halogens is 1. The highest BCUT2D eigenvalue weighted by molar-refractivity contribution is 7.91. The molecule has 0 radical (unpaired) electrons. The van der Waals surface area contributed by atoms with Gasteiger partial charge in [-0.2, -0.15) is 4.31 Å². The molecule has 4 nitrogen and oxygen atoms in total. The maximum absolute atomic E-state index is 12.2. The van der Waals surface area contributed by atoms with Gasteiger partial charge in [-0.25, -0.2) is 13.4 Å². The first-order valence-electron chi connectivity index (χ1n) is 5.02. The monoisotopic (exact) mass is 280 g/mol. The van der Waals surface area contributed by atoms with Crippen LogP contribution in [0.4, 0.5) is 0 Å². The van der Waals surface area contributed by atoms with Crippen LogP contribution >= 0.6 is 22.9 Å². The summed E-state index contributed by atoms with van der Waals surface area (Å²) in [6.45, 7) is 5.30.